The van der Waals surface area contributed by atoms with Gasteiger partial charge in [0, 0.05) is 48.7 Å². The van der Waals surface area contributed by atoms with Gasteiger partial charge in [-0.2, -0.15) is 0 Å². The molecule has 0 unspecified atom stereocenters. The minimum Gasteiger partial charge on any atom is -0.354 e. The third kappa shape index (κ3) is 5.69. The van der Waals surface area contributed by atoms with Crippen LogP contribution >= 0.6 is 0 Å². The van der Waals surface area contributed by atoms with Crippen LogP contribution in [0.25, 0.3) is 11.3 Å². The lowest BCUT2D eigenvalue weighted by Crippen LogP contribution is -2.36. The first-order chi connectivity index (χ1) is 16.0. The van der Waals surface area contributed by atoms with Crippen LogP contribution in [0.3, 0.4) is 0 Å². The van der Waals surface area contributed by atoms with Crippen LogP contribution in [-0.2, 0) is 11.3 Å². The van der Waals surface area contributed by atoms with Gasteiger partial charge >= 0.3 is 5.69 Å². The van der Waals surface area contributed by atoms with Gasteiger partial charge in [0.1, 0.15) is 12.4 Å². The third-order valence-electron chi connectivity index (χ3n) is 6.21. The van der Waals surface area contributed by atoms with E-state index in [0.29, 0.717) is 18.4 Å². The number of nitrogens with one attached hydrogen (secondary N) is 1. The predicted octanol–water partition coefficient (Wildman–Crippen LogP) is 3.31. The number of nitrogens with zero attached hydrogens (tertiary/aromatic N) is 5. The summed E-state index contributed by atoms with van der Waals surface area (Å²) in [5.41, 5.74) is 2.59. The number of hydrogen-bond acceptors (Lipinski definition) is 6. The Bertz CT molecular complexity index is 1140. The summed E-state index contributed by atoms with van der Waals surface area (Å²) in [6, 6.07) is 7.55. The minimum atomic E-state index is -0.414. The highest BCUT2D eigenvalue weighted by Gasteiger charge is 2.27. The van der Waals surface area contributed by atoms with E-state index in [9.17, 15) is 9.59 Å². The van der Waals surface area contributed by atoms with Crippen molar-refractivity contribution in [3.8, 4) is 11.3 Å². The highest BCUT2D eigenvalue weighted by molar-refractivity contribution is 5.75. The number of aromatic nitrogens is 5. The first-order valence-corrected chi connectivity index (χ1v) is 11.6. The summed E-state index contributed by atoms with van der Waals surface area (Å²) in [7, 11) is 0. The SMILES string of the molecule is CC(C)c1ncc(-c2ccccn2)c(C2CCC(CNC(=O)Cn3cccnc3=O)CC2)n1. The number of carbonyl (C=O) groups excluding carboxylic acids is 1. The van der Waals surface area contributed by atoms with Gasteiger partial charge in [-0.1, -0.05) is 19.9 Å². The Kier molecular flexibility index (Phi) is 7.22. The lowest BCUT2D eigenvalue weighted by molar-refractivity contribution is -0.122. The van der Waals surface area contributed by atoms with Gasteiger partial charge in [0.25, 0.3) is 0 Å². The molecule has 1 saturated carbocycles. The van der Waals surface area contributed by atoms with Crippen molar-refractivity contribution in [3.05, 3.63) is 71.1 Å². The Balaban J connectivity index is 1.38. The second-order valence-electron chi connectivity index (χ2n) is 8.95. The fourth-order valence-electron chi connectivity index (χ4n) is 4.33. The first-order valence-electron chi connectivity index (χ1n) is 11.6. The monoisotopic (exact) mass is 446 g/mol. The number of carbonyl (C=O) groups is 1. The molecule has 8 nitrogen and oxygen atoms in total. The van der Waals surface area contributed by atoms with Crippen LogP contribution in [0.15, 0.2) is 53.8 Å². The van der Waals surface area contributed by atoms with E-state index in [4.69, 9.17) is 4.98 Å². The molecule has 1 aliphatic rings. The van der Waals surface area contributed by atoms with Crippen LogP contribution < -0.4 is 11.0 Å². The third-order valence-corrected chi connectivity index (χ3v) is 6.21. The molecule has 0 atom stereocenters. The summed E-state index contributed by atoms with van der Waals surface area (Å²) in [4.78, 5) is 41.7. The summed E-state index contributed by atoms with van der Waals surface area (Å²) >= 11 is 0. The Hall–Kier alpha value is -3.42. The summed E-state index contributed by atoms with van der Waals surface area (Å²) in [6.45, 7) is 4.83. The van der Waals surface area contributed by atoms with Crippen molar-refractivity contribution < 1.29 is 4.79 Å². The molecule has 1 fully saturated rings. The maximum atomic E-state index is 12.3. The highest BCUT2D eigenvalue weighted by Crippen LogP contribution is 2.38. The van der Waals surface area contributed by atoms with Crippen molar-refractivity contribution in [2.75, 3.05) is 6.54 Å². The second-order valence-corrected chi connectivity index (χ2v) is 8.95. The molecule has 0 spiro atoms. The van der Waals surface area contributed by atoms with Crippen molar-refractivity contribution >= 4 is 5.91 Å². The van der Waals surface area contributed by atoms with E-state index in [1.807, 2.05) is 24.4 Å². The van der Waals surface area contributed by atoms with Crippen molar-refractivity contribution in [3.63, 3.8) is 0 Å². The van der Waals surface area contributed by atoms with Crippen molar-refractivity contribution in [2.45, 2.75) is 57.9 Å². The molecule has 4 rings (SSSR count). The Morgan fingerprint density at radius 3 is 2.58 bits per heavy atom. The van der Waals surface area contributed by atoms with Gasteiger partial charge in [-0.15, -0.1) is 0 Å². The van der Waals surface area contributed by atoms with Gasteiger partial charge in [-0.25, -0.2) is 19.7 Å². The van der Waals surface area contributed by atoms with Gasteiger partial charge in [-0.05, 0) is 49.8 Å². The predicted molar refractivity (Wildman–Crippen MR) is 126 cm³/mol. The molecule has 33 heavy (non-hydrogen) atoms. The van der Waals surface area contributed by atoms with Crippen LogP contribution in [0, 0.1) is 5.92 Å². The number of pyridine rings is 1. The molecule has 0 aromatic carbocycles. The van der Waals surface area contributed by atoms with E-state index in [2.05, 4.69) is 34.1 Å². The van der Waals surface area contributed by atoms with Gasteiger partial charge < -0.3 is 5.32 Å². The molecule has 8 heteroatoms. The maximum Gasteiger partial charge on any atom is 0.347 e. The average molecular weight is 447 g/mol. The molecule has 3 aromatic rings. The molecule has 172 valence electrons. The van der Waals surface area contributed by atoms with E-state index < -0.39 is 5.69 Å². The molecular formula is C25H30N6O2. The zero-order valence-electron chi connectivity index (χ0n) is 19.1. The Labute approximate surface area is 193 Å². The number of hydrogen-bond donors (Lipinski definition) is 1. The largest absolute Gasteiger partial charge is 0.354 e. The van der Waals surface area contributed by atoms with E-state index in [-0.39, 0.29) is 18.4 Å². The Morgan fingerprint density at radius 2 is 1.88 bits per heavy atom. The van der Waals surface area contributed by atoms with Crippen LogP contribution in [-0.4, -0.2) is 37.0 Å². The van der Waals surface area contributed by atoms with Gasteiger partial charge in [0.05, 0.1) is 11.4 Å². The smallest absolute Gasteiger partial charge is 0.347 e. The molecular weight excluding hydrogens is 416 g/mol. The molecule has 1 aliphatic carbocycles. The number of rotatable bonds is 7. The maximum absolute atomic E-state index is 12.3. The summed E-state index contributed by atoms with van der Waals surface area (Å²) < 4.78 is 1.31. The second kappa shape index (κ2) is 10.5. The molecule has 0 bridgehead atoms. The van der Waals surface area contributed by atoms with Gasteiger partial charge in [-0.3, -0.25) is 14.3 Å². The van der Waals surface area contributed by atoms with E-state index in [1.54, 1.807) is 18.5 Å². The molecule has 0 aliphatic heterocycles. The van der Waals surface area contributed by atoms with Crippen LogP contribution in [0.4, 0.5) is 0 Å². The van der Waals surface area contributed by atoms with E-state index in [1.165, 1.54) is 10.8 Å². The van der Waals surface area contributed by atoms with Gasteiger partial charge in [0.15, 0.2) is 0 Å². The fourth-order valence-corrected chi connectivity index (χ4v) is 4.33. The number of amides is 1. The lowest BCUT2D eigenvalue weighted by atomic mass is 9.79. The zero-order valence-corrected chi connectivity index (χ0v) is 19.1. The summed E-state index contributed by atoms with van der Waals surface area (Å²) in [5, 5.41) is 2.98. The molecule has 0 radical (unpaired) electrons. The summed E-state index contributed by atoms with van der Waals surface area (Å²) in [6.07, 6.45) is 10.8. The van der Waals surface area contributed by atoms with E-state index in [0.717, 1.165) is 48.5 Å². The van der Waals surface area contributed by atoms with Gasteiger partial charge in [0.2, 0.25) is 5.91 Å². The van der Waals surface area contributed by atoms with Crippen molar-refractivity contribution in [1.29, 1.82) is 0 Å². The van der Waals surface area contributed by atoms with Crippen LogP contribution in [0.5, 0.6) is 0 Å². The fraction of sp³-hybridized carbons (Fsp3) is 0.440. The minimum absolute atomic E-state index is 0.00559. The van der Waals surface area contributed by atoms with Crippen LogP contribution in [0.1, 0.15) is 62.9 Å². The van der Waals surface area contributed by atoms with Crippen LogP contribution in [0.2, 0.25) is 0 Å². The molecule has 0 saturated heterocycles. The topological polar surface area (TPSA) is 103 Å². The molecule has 3 heterocycles. The first kappa shape index (κ1) is 22.8. The molecule has 3 aromatic heterocycles. The molecule has 1 amide bonds. The Morgan fingerprint density at radius 1 is 1.09 bits per heavy atom. The van der Waals surface area contributed by atoms with E-state index >= 15 is 0 Å². The zero-order chi connectivity index (χ0) is 23.2. The lowest BCUT2D eigenvalue weighted by Gasteiger charge is -2.29. The van der Waals surface area contributed by atoms with Crippen molar-refractivity contribution in [2.24, 2.45) is 5.92 Å². The average Bonchev–Trinajstić information content (AvgIpc) is 2.84. The standard InChI is InChI=1S/C25H30N6O2/c1-17(2)24-29-15-20(21-6-3-4-11-26-21)23(30-24)19-9-7-18(8-10-19)14-28-22(32)16-31-13-5-12-27-25(31)33/h3-6,11-13,15,17-19H,7-10,14,16H2,1-2H3,(H,28,32). The molecule has 1 N–H and O–H groups in total. The highest BCUT2D eigenvalue weighted by atomic mass is 16.2. The summed E-state index contributed by atoms with van der Waals surface area (Å²) in [5.74, 6) is 1.73. The van der Waals surface area contributed by atoms with Crippen molar-refractivity contribution in [1.82, 2.24) is 29.8 Å². The normalized spacial score (nSPS) is 18.3. The quantitative estimate of drug-likeness (QED) is 0.597.